The van der Waals surface area contributed by atoms with Gasteiger partial charge >= 0.3 is 0 Å². The number of thiophene rings is 1. The minimum absolute atomic E-state index is 0.0271. The van der Waals surface area contributed by atoms with Crippen molar-refractivity contribution in [2.24, 2.45) is 0 Å². The van der Waals surface area contributed by atoms with Gasteiger partial charge in [-0.2, -0.15) is 0 Å². The van der Waals surface area contributed by atoms with E-state index in [2.05, 4.69) is 20.6 Å². The predicted molar refractivity (Wildman–Crippen MR) is 124 cm³/mol. The number of hydrogen-bond donors (Lipinski definition) is 2. The van der Waals surface area contributed by atoms with Crippen LogP contribution in [0.15, 0.2) is 35.4 Å². The molecule has 1 saturated heterocycles. The van der Waals surface area contributed by atoms with Crippen LogP contribution in [0.5, 0.6) is 5.75 Å². The van der Waals surface area contributed by atoms with Crippen molar-refractivity contribution in [3.63, 3.8) is 0 Å². The number of thioether (sulfide) groups is 1. The van der Waals surface area contributed by atoms with E-state index in [1.54, 1.807) is 19.2 Å². The van der Waals surface area contributed by atoms with Gasteiger partial charge in [0.15, 0.2) is 5.78 Å². The molecule has 2 aromatic heterocycles. The fourth-order valence-electron chi connectivity index (χ4n) is 3.47. The van der Waals surface area contributed by atoms with Gasteiger partial charge in [0.1, 0.15) is 16.6 Å². The van der Waals surface area contributed by atoms with E-state index >= 15 is 0 Å². The molecule has 3 heterocycles. The number of hydrogen-bond acceptors (Lipinski definition) is 8. The van der Waals surface area contributed by atoms with Crippen molar-refractivity contribution in [3.8, 4) is 5.75 Å². The average Bonchev–Trinajstić information content (AvgIpc) is 3.28. The van der Waals surface area contributed by atoms with E-state index in [0.29, 0.717) is 15.6 Å². The maximum Gasteiger partial charge on any atom is 0.261 e. The largest absolute Gasteiger partial charge is 0.497 e. The summed E-state index contributed by atoms with van der Waals surface area (Å²) >= 11 is 2.61. The number of rotatable bonds is 7. The highest BCUT2D eigenvalue weighted by Gasteiger charge is 2.19. The highest BCUT2D eigenvalue weighted by atomic mass is 32.2. The average molecular weight is 457 g/mol. The van der Waals surface area contributed by atoms with Gasteiger partial charge in [-0.1, -0.05) is 11.8 Å². The van der Waals surface area contributed by atoms with Crippen LogP contribution >= 0.6 is 23.1 Å². The highest BCUT2D eigenvalue weighted by Crippen LogP contribution is 2.29. The van der Waals surface area contributed by atoms with E-state index in [-0.39, 0.29) is 23.5 Å². The molecule has 1 fully saturated rings. The fraction of sp³-hybridized carbons (Fsp3) is 0.364. The van der Waals surface area contributed by atoms with E-state index in [9.17, 15) is 9.59 Å². The summed E-state index contributed by atoms with van der Waals surface area (Å²) in [6.45, 7) is 3.62. The molecule has 0 bridgehead atoms. The van der Waals surface area contributed by atoms with Gasteiger partial charge < -0.3 is 15.4 Å². The topological polar surface area (TPSA) is 93.2 Å². The Morgan fingerprint density at radius 3 is 2.87 bits per heavy atom. The molecule has 4 rings (SSSR count). The van der Waals surface area contributed by atoms with Gasteiger partial charge in [0.25, 0.3) is 5.91 Å². The van der Waals surface area contributed by atoms with E-state index in [4.69, 9.17) is 4.74 Å². The molecule has 1 aromatic carbocycles. The molecule has 162 valence electrons. The summed E-state index contributed by atoms with van der Waals surface area (Å²) in [4.78, 5) is 35.4. The molecular formula is C22H24N4O3S2. The Kier molecular flexibility index (Phi) is 6.84. The SMILES string of the molecule is COc1ccc2nc(C)nc(SCC(=O)c3ccc(C(=O)N[C@@H]4CCCNC4)s3)c2c1. The van der Waals surface area contributed by atoms with Gasteiger partial charge in [-0.15, -0.1) is 11.3 Å². The van der Waals surface area contributed by atoms with Crippen molar-refractivity contribution >= 4 is 45.7 Å². The highest BCUT2D eigenvalue weighted by molar-refractivity contribution is 8.00. The van der Waals surface area contributed by atoms with Crippen molar-refractivity contribution in [2.75, 3.05) is 26.0 Å². The second-order valence-corrected chi connectivity index (χ2v) is 9.40. The number of methoxy groups -OCH3 is 1. The molecular weight excluding hydrogens is 432 g/mol. The van der Waals surface area contributed by atoms with Gasteiger partial charge in [-0.05, 0) is 56.6 Å². The van der Waals surface area contributed by atoms with Crippen LogP contribution in [0.4, 0.5) is 0 Å². The first-order valence-electron chi connectivity index (χ1n) is 10.1. The number of carbonyl (C=O) groups is 2. The number of amides is 1. The van der Waals surface area contributed by atoms with Crippen molar-refractivity contribution in [2.45, 2.75) is 30.8 Å². The van der Waals surface area contributed by atoms with Crippen LogP contribution in [0.2, 0.25) is 0 Å². The molecule has 31 heavy (non-hydrogen) atoms. The number of nitrogens with one attached hydrogen (secondary N) is 2. The summed E-state index contributed by atoms with van der Waals surface area (Å²) in [5.41, 5.74) is 0.815. The number of carbonyl (C=O) groups excluding carboxylic acids is 2. The Bertz CT molecular complexity index is 1110. The van der Waals surface area contributed by atoms with Crippen LogP contribution in [-0.2, 0) is 0 Å². The zero-order valence-electron chi connectivity index (χ0n) is 17.4. The molecule has 1 aliphatic heterocycles. The number of aromatic nitrogens is 2. The first kappa shape index (κ1) is 21.7. The summed E-state index contributed by atoms with van der Waals surface area (Å²) in [5, 5.41) is 7.93. The summed E-state index contributed by atoms with van der Waals surface area (Å²) in [6, 6.07) is 9.23. The van der Waals surface area contributed by atoms with Crippen molar-refractivity contribution in [3.05, 3.63) is 45.9 Å². The predicted octanol–water partition coefficient (Wildman–Crippen LogP) is 3.47. The Morgan fingerprint density at radius 2 is 2.10 bits per heavy atom. The molecule has 1 amide bonds. The lowest BCUT2D eigenvalue weighted by Crippen LogP contribution is -2.45. The third kappa shape index (κ3) is 5.23. The van der Waals surface area contributed by atoms with Gasteiger partial charge in [0, 0.05) is 18.0 Å². The second kappa shape index (κ2) is 9.76. The molecule has 2 N–H and O–H groups in total. The molecule has 3 aromatic rings. The van der Waals surface area contributed by atoms with Crippen LogP contribution in [0.1, 0.15) is 38.0 Å². The quantitative estimate of drug-likeness (QED) is 0.319. The third-order valence-corrected chi connectivity index (χ3v) is 7.17. The van der Waals surface area contributed by atoms with Gasteiger partial charge in [-0.25, -0.2) is 9.97 Å². The second-order valence-electron chi connectivity index (χ2n) is 7.35. The fourth-order valence-corrected chi connectivity index (χ4v) is 5.35. The Balaban J connectivity index is 1.43. The molecule has 0 radical (unpaired) electrons. The summed E-state index contributed by atoms with van der Waals surface area (Å²) in [6.07, 6.45) is 2.03. The third-order valence-electron chi connectivity index (χ3n) is 5.06. The van der Waals surface area contributed by atoms with E-state index in [1.807, 2.05) is 25.1 Å². The number of ether oxygens (including phenoxy) is 1. The van der Waals surface area contributed by atoms with E-state index < -0.39 is 0 Å². The number of Topliss-reactive ketones (excluding diaryl/α,β-unsaturated/α-hetero) is 1. The van der Waals surface area contributed by atoms with Crippen LogP contribution in [0, 0.1) is 6.92 Å². The first-order valence-corrected chi connectivity index (χ1v) is 11.9. The zero-order chi connectivity index (χ0) is 21.8. The lowest BCUT2D eigenvalue weighted by Gasteiger charge is -2.23. The van der Waals surface area contributed by atoms with Crippen molar-refractivity contribution in [1.82, 2.24) is 20.6 Å². The van der Waals surface area contributed by atoms with Crippen LogP contribution in [0.3, 0.4) is 0 Å². The first-order chi connectivity index (χ1) is 15.0. The Hall–Kier alpha value is -2.49. The molecule has 0 aliphatic carbocycles. The van der Waals surface area contributed by atoms with Gasteiger partial charge in [0.2, 0.25) is 0 Å². The Morgan fingerprint density at radius 1 is 1.26 bits per heavy atom. The lowest BCUT2D eigenvalue weighted by molar-refractivity contribution is 0.0934. The van der Waals surface area contributed by atoms with Crippen molar-refractivity contribution < 1.29 is 14.3 Å². The number of aryl methyl sites for hydroxylation is 1. The minimum Gasteiger partial charge on any atom is -0.497 e. The van der Waals surface area contributed by atoms with Crippen LogP contribution < -0.4 is 15.4 Å². The molecule has 1 aliphatic rings. The Labute approximate surface area is 189 Å². The molecule has 9 heteroatoms. The number of nitrogens with zero attached hydrogens (tertiary/aromatic N) is 2. The van der Waals surface area contributed by atoms with Crippen LogP contribution in [-0.4, -0.2) is 53.7 Å². The lowest BCUT2D eigenvalue weighted by atomic mass is 10.1. The number of piperidine rings is 1. The summed E-state index contributed by atoms with van der Waals surface area (Å²) < 4.78 is 5.31. The number of fused-ring (bicyclic) bond motifs is 1. The molecule has 7 nitrogen and oxygen atoms in total. The maximum atomic E-state index is 12.8. The number of ketones is 1. The van der Waals surface area contributed by atoms with E-state index in [1.165, 1.54) is 23.1 Å². The zero-order valence-corrected chi connectivity index (χ0v) is 19.1. The smallest absolute Gasteiger partial charge is 0.261 e. The molecule has 1 atom stereocenters. The minimum atomic E-state index is -0.116. The standard InChI is InChI=1S/C22H24N4O3S2/c1-13-24-17-6-5-15(29-2)10-16(17)22(25-13)30-12-18(27)19-7-8-20(31-19)21(28)26-14-4-3-9-23-11-14/h5-8,10,14,23H,3-4,9,11-12H2,1-2H3,(H,26,28)/t14-/m1/s1. The van der Waals surface area contributed by atoms with Crippen molar-refractivity contribution in [1.29, 1.82) is 0 Å². The van der Waals surface area contributed by atoms with Gasteiger partial charge in [-0.3, -0.25) is 9.59 Å². The monoisotopic (exact) mass is 456 g/mol. The van der Waals surface area contributed by atoms with Gasteiger partial charge in [0.05, 0.1) is 28.1 Å². The maximum absolute atomic E-state index is 12.8. The number of benzene rings is 1. The normalized spacial score (nSPS) is 16.3. The molecule has 0 unspecified atom stereocenters. The van der Waals surface area contributed by atoms with E-state index in [0.717, 1.165) is 47.6 Å². The molecule has 0 spiro atoms. The summed E-state index contributed by atoms with van der Waals surface area (Å²) in [7, 11) is 1.61. The van der Waals surface area contributed by atoms with Crippen LogP contribution in [0.25, 0.3) is 10.9 Å². The summed E-state index contributed by atoms with van der Waals surface area (Å²) in [5.74, 6) is 1.46. The molecule has 0 saturated carbocycles.